The van der Waals surface area contributed by atoms with Crippen LogP contribution in [0.5, 0.6) is 0 Å². The zero-order valence-electron chi connectivity index (χ0n) is 8.53. The van der Waals surface area contributed by atoms with Gasteiger partial charge in [-0.15, -0.1) is 0 Å². The summed E-state index contributed by atoms with van der Waals surface area (Å²) in [7, 11) is 1.59. The molecule has 0 aliphatic heterocycles. The van der Waals surface area contributed by atoms with Gasteiger partial charge in [0.15, 0.2) is 0 Å². The number of nitrogens with one attached hydrogen (secondary N) is 1. The van der Waals surface area contributed by atoms with Gasteiger partial charge in [-0.1, -0.05) is 0 Å². The smallest absolute Gasteiger partial charge is 0.126 e. The van der Waals surface area contributed by atoms with Crippen LogP contribution in [0.4, 0.5) is 0 Å². The Balaban J connectivity index is 2.70. The summed E-state index contributed by atoms with van der Waals surface area (Å²) in [6.07, 6.45) is 1.68. The van der Waals surface area contributed by atoms with Crippen LogP contribution < -0.4 is 0 Å². The largest absolute Gasteiger partial charge is 0.378 e. The van der Waals surface area contributed by atoms with E-state index < -0.39 is 0 Å². The molecule has 0 radical (unpaired) electrons. The monoisotopic (exact) mass is 202 g/mol. The highest BCUT2D eigenvalue weighted by atomic mass is 16.5. The summed E-state index contributed by atoms with van der Waals surface area (Å²) in [6, 6.07) is 2.13. The molecule has 2 aromatic rings. The van der Waals surface area contributed by atoms with Crippen molar-refractivity contribution < 1.29 is 4.74 Å². The molecule has 0 aromatic carbocycles. The molecule has 5 heteroatoms. The number of ether oxygens (including phenoxy) is 1. The van der Waals surface area contributed by atoms with Crippen LogP contribution in [-0.2, 0) is 11.3 Å². The molecule has 0 aliphatic carbocycles. The van der Waals surface area contributed by atoms with Crippen molar-refractivity contribution in [2.45, 2.75) is 13.5 Å². The third-order valence-electron chi connectivity index (χ3n) is 2.13. The van der Waals surface area contributed by atoms with Crippen LogP contribution in [0.25, 0.3) is 11.0 Å². The minimum absolute atomic E-state index is 0.373. The van der Waals surface area contributed by atoms with Gasteiger partial charge in [-0.2, -0.15) is 5.26 Å². The molecule has 0 saturated carbocycles. The first-order valence-corrected chi connectivity index (χ1v) is 4.49. The first-order chi connectivity index (χ1) is 7.26. The molecule has 0 saturated heterocycles. The lowest BCUT2D eigenvalue weighted by Crippen LogP contribution is -1.90. The summed E-state index contributed by atoms with van der Waals surface area (Å²) in [6.45, 7) is 2.17. The third-order valence-corrected chi connectivity index (χ3v) is 2.13. The maximum atomic E-state index is 9.04. The van der Waals surface area contributed by atoms with Crippen molar-refractivity contribution in [2.24, 2.45) is 0 Å². The summed E-state index contributed by atoms with van der Waals surface area (Å²) < 4.78 is 5.00. The molecule has 0 aliphatic rings. The van der Waals surface area contributed by atoms with E-state index in [0.717, 1.165) is 11.2 Å². The van der Waals surface area contributed by atoms with E-state index in [1.165, 1.54) is 0 Å². The minimum Gasteiger partial charge on any atom is -0.378 e. The van der Waals surface area contributed by atoms with E-state index in [1.54, 1.807) is 20.2 Å². The van der Waals surface area contributed by atoms with Gasteiger partial charge in [-0.3, -0.25) is 0 Å². The molecule has 0 atom stereocenters. The average Bonchev–Trinajstić information content (AvgIpc) is 2.55. The maximum Gasteiger partial charge on any atom is 0.126 e. The van der Waals surface area contributed by atoms with E-state index in [2.05, 4.69) is 21.0 Å². The van der Waals surface area contributed by atoms with Gasteiger partial charge in [0.1, 0.15) is 23.0 Å². The van der Waals surface area contributed by atoms with Crippen LogP contribution >= 0.6 is 0 Å². The molecule has 2 rings (SSSR count). The van der Waals surface area contributed by atoms with Crippen molar-refractivity contribution in [2.75, 3.05) is 7.11 Å². The molecule has 0 amide bonds. The van der Waals surface area contributed by atoms with Gasteiger partial charge >= 0.3 is 0 Å². The van der Waals surface area contributed by atoms with Crippen molar-refractivity contribution in [3.63, 3.8) is 0 Å². The normalized spacial score (nSPS) is 10.5. The van der Waals surface area contributed by atoms with E-state index >= 15 is 0 Å². The lowest BCUT2D eigenvalue weighted by atomic mass is 10.2. The Hall–Kier alpha value is -1.93. The molecule has 0 bridgehead atoms. The van der Waals surface area contributed by atoms with Gasteiger partial charge in [0, 0.05) is 7.11 Å². The zero-order chi connectivity index (χ0) is 10.8. The fraction of sp³-hybridized carbons (Fsp3) is 0.300. The lowest BCUT2D eigenvalue weighted by Gasteiger charge is -1.94. The number of rotatable bonds is 2. The molecule has 2 aromatic heterocycles. The van der Waals surface area contributed by atoms with Crippen LogP contribution in [0.3, 0.4) is 0 Å². The highest BCUT2D eigenvalue weighted by molar-refractivity contribution is 5.82. The second-order valence-electron chi connectivity index (χ2n) is 3.20. The predicted octanol–water partition coefficient (Wildman–Crippen LogP) is 1.28. The van der Waals surface area contributed by atoms with Crippen molar-refractivity contribution in [3.8, 4) is 6.07 Å². The zero-order valence-corrected chi connectivity index (χ0v) is 8.53. The van der Waals surface area contributed by atoms with E-state index in [-0.39, 0.29) is 0 Å². The van der Waals surface area contributed by atoms with Crippen LogP contribution in [0.2, 0.25) is 0 Å². The van der Waals surface area contributed by atoms with Crippen LogP contribution in [-0.4, -0.2) is 22.1 Å². The molecule has 0 fully saturated rings. The van der Waals surface area contributed by atoms with Gasteiger partial charge < -0.3 is 9.72 Å². The first kappa shape index (κ1) is 9.62. The topological polar surface area (TPSA) is 74.6 Å². The fourth-order valence-electron chi connectivity index (χ4n) is 1.49. The number of nitriles is 1. The summed E-state index contributed by atoms with van der Waals surface area (Å²) in [4.78, 5) is 11.4. The Labute approximate surface area is 86.7 Å². The second-order valence-corrected chi connectivity index (χ2v) is 3.20. The number of nitrogens with zero attached hydrogens (tertiary/aromatic N) is 3. The van der Waals surface area contributed by atoms with Gasteiger partial charge in [0.2, 0.25) is 0 Å². The van der Waals surface area contributed by atoms with Crippen molar-refractivity contribution >= 4 is 11.0 Å². The molecule has 15 heavy (non-hydrogen) atoms. The number of aromatic amines is 1. The molecule has 0 spiro atoms. The predicted molar refractivity (Wildman–Crippen MR) is 54.1 cm³/mol. The van der Waals surface area contributed by atoms with Crippen molar-refractivity contribution in [1.82, 2.24) is 15.0 Å². The molecule has 2 heterocycles. The Bertz CT molecular complexity index is 538. The number of hydrogen-bond acceptors (Lipinski definition) is 4. The van der Waals surface area contributed by atoms with Crippen LogP contribution in [0.1, 0.15) is 17.1 Å². The van der Waals surface area contributed by atoms with Crippen LogP contribution in [0, 0.1) is 18.3 Å². The summed E-state index contributed by atoms with van der Waals surface area (Å²) in [5.41, 5.74) is 2.72. The molecular formula is C10H10N4O. The van der Waals surface area contributed by atoms with E-state index in [4.69, 9.17) is 10.00 Å². The summed E-state index contributed by atoms with van der Waals surface area (Å²) in [5.74, 6) is 0.655. The van der Waals surface area contributed by atoms with Gasteiger partial charge in [0.05, 0.1) is 24.0 Å². The molecule has 0 unspecified atom stereocenters. The average molecular weight is 202 g/mol. The molecule has 1 N–H and O–H groups in total. The lowest BCUT2D eigenvalue weighted by molar-refractivity contribution is 0.182. The highest BCUT2D eigenvalue weighted by Crippen LogP contribution is 2.19. The number of methoxy groups -OCH3 is 1. The van der Waals surface area contributed by atoms with Gasteiger partial charge in [-0.25, -0.2) is 9.97 Å². The van der Waals surface area contributed by atoms with E-state index in [1.807, 2.05) is 0 Å². The molecule has 5 nitrogen and oxygen atoms in total. The van der Waals surface area contributed by atoms with Gasteiger partial charge in [-0.05, 0) is 6.92 Å². The number of aryl methyl sites for hydroxylation is 1. The Morgan fingerprint density at radius 1 is 1.60 bits per heavy atom. The summed E-state index contributed by atoms with van der Waals surface area (Å²) >= 11 is 0. The quantitative estimate of drug-likeness (QED) is 0.796. The van der Waals surface area contributed by atoms with Gasteiger partial charge in [0.25, 0.3) is 0 Å². The number of aromatic nitrogens is 3. The standard InChI is InChI=1S/C10H10N4O/c1-6-12-4-8-10(13-6)7(3-11)9(14-8)5-15-2/h4,14H,5H2,1-2H3. The van der Waals surface area contributed by atoms with E-state index in [0.29, 0.717) is 23.5 Å². The first-order valence-electron chi connectivity index (χ1n) is 4.49. The molecule has 76 valence electrons. The maximum absolute atomic E-state index is 9.04. The van der Waals surface area contributed by atoms with E-state index in [9.17, 15) is 0 Å². The Kier molecular flexibility index (Phi) is 2.35. The SMILES string of the molecule is COCc1[nH]c2cnc(C)nc2c1C#N. The second kappa shape index (κ2) is 3.67. The minimum atomic E-state index is 0.373. The number of fused-ring (bicyclic) bond motifs is 1. The number of hydrogen-bond donors (Lipinski definition) is 1. The Morgan fingerprint density at radius 3 is 3.07 bits per heavy atom. The van der Waals surface area contributed by atoms with Crippen molar-refractivity contribution in [3.05, 3.63) is 23.3 Å². The molecular weight excluding hydrogens is 192 g/mol. The third kappa shape index (κ3) is 1.55. The Morgan fingerprint density at radius 2 is 2.40 bits per heavy atom. The highest BCUT2D eigenvalue weighted by Gasteiger charge is 2.12. The van der Waals surface area contributed by atoms with Crippen molar-refractivity contribution in [1.29, 1.82) is 5.26 Å². The fourth-order valence-corrected chi connectivity index (χ4v) is 1.49. The summed E-state index contributed by atoms with van der Waals surface area (Å²) in [5, 5.41) is 9.04. The number of H-pyrrole nitrogens is 1. The van der Waals surface area contributed by atoms with Crippen LogP contribution in [0.15, 0.2) is 6.20 Å².